The highest BCUT2D eigenvalue weighted by Gasteiger charge is 2.09. The van der Waals surface area contributed by atoms with Crippen molar-refractivity contribution in [1.29, 1.82) is 0 Å². The Labute approximate surface area is 164 Å². The Hall–Kier alpha value is -3.12. The predicted molar refractivity (Wildman–Crippen MR) is 106 cm³/mol. The first-order valence-electron chi connectivity index (χ1n) is 8.63. The van der Waals surface area contributed by atoms with E-state index in [-0.39, 0.29) is 11.5 Å². The van der Waals surface area contributed by atoms with E-state index in [1.807, 2.05) is 30.3 Å². The predicted octanol–water partition coefficient (Wildman–Crippen LogP) is 4.06. The number of benzene rings is 3. The Morgan fingerprint density at radius 1 is 0.786 bits per heavy atom. The SMILES string of the molecule is CS(=O)(=O)c1ccc(COc2cc(C=O)ccc2OCc2ccccc2)cc1. The molecule has 0 unspecified atom stereocenters. The summed E-state index contributed by atoms with van der Waals surface area (Å²) in [5, 5.41) is 0. The smallest absolute Gasteiger partial charge is 0.175 e. The molecule has 0 saturated carbocycles. The fourth-order valence-corrected chi connectivity index (χ4v) is 3.19. The summed E-state index contributed by atoms with van der Waals surface area (Å²) in [5.74, 6) is 0.981. The van der Waals surface area contributed by atoms with Crippen molar-refractivity contribution < 1.29 is 22.7 Å². The van der Waals surface area contributed by atoms with E-state index in [1.54, 1.807) is 42.5 Å². The summed E-state index contributed by atoms with van der Waals surface area (Å²) < 4.78 is 34.8. The number of carbonyl (C=O) groups excluding carboxylic acids is 1. The molecule has 5 nitrogen and oxygen atoms in total. The Morgan fingerprint density at radius 3 is 2.00 bits per heavy atom. The highest BCUT2D eigenvalue weighted by Crippen LogP contribution is 2.29. The van der Waals surface area contributed by atoms with Crippen molar-refractivity contribution in [2.75, 3.05) is 6.26 Å². The minimum Gasteiger partial charge on any atom is -0.485 e. The van der Waals surface area contributed by atoms with Crippen molar-refractivity contribution in [1.82, 2.24) is 0 Å². The number of carbonyl (C=O) groups is 1. The number of hydrogen-bond acceptors (Lipinski definition) is 5. The van der Waals surface area contributed by atoms with Crippen LogP contribution in [0.1, 0.15) is 21.5 Å². The third-order valence-electron chi connectivity index (χ3n) is 4.09. The van der Waals surface area contributed by atoms with Crippen molar-refractivity contribution >= 4 is 16.1 Å². The van der Waals surface area contributed by atoms with Gasteiger partial charge in [-0.3, -0.25) is 4.79 Å². The highest BCUT2D eigenvalue weighted by molar-refractivity contribution is 7.90. The Kier molecular flexibility index (Phi) is 6.11. The fraction of sp³-hybridized carbons (Fsp3) is 0.136. The van der Waals surface area contributed by atoms with Crippen LogP contribution in [0.4, 0.5) is 0 Å². The molecule has 0 saturated heterocycles. The largest absolute Gasteiger partial charge is 0.485 e. The van der Waals surface area contributed by atoms with Crippen LogP contribution in [0.5, 0.6) is 11.5 Å². The van der Waals surface area contributed by atoms with Crippen LogP contribution in [-0.4, -0.2) is 21.0 Å². The zero-order valence-corrected chi connectivity index (χ0v) is 16.2. The summed E-state index contributed by atoms with van der Waals surface area (Å²) >= 11 is 0. The van der Waals surface area contributed by atoms with Crippen LogP contribution in [0.3, 0.4) is 0 Å². The maximum absolute atomic E-state index is 11.5. The average Bonchev–Trinajstić information content (AvgIpc) is 2.71. The lowest BCUT2D eigenvalue weighted by Crippen LogP contribution is -2.02. The summed E-state index contributed by atoms with van der Waals surface area (Å²) in [4.78, 5) is 11.4. The van der Waals surface area contributed by atoms with Gasteiger partial charge in [-0.1, -0.05) is 42.5 Å². The number of hydrogen-bond donors (Lipinski definition) is 0. The number of sulfone groups is 1. The molecule has 3 aromatic rings. The van der Waals surface area contributed by atoms with Crippen molar-refractivity contribution in [2.45, 2.75) is 18.1 Å². The molecule has 0 aromatic heterocycles. The molecule has 0 heterocycles. The first-order chi connectivity index (χ1) is 13.5. The minimum absolute atomic E-state index is 0.216. The molecule has 0 aliphatic carbocycles. The van der Waals surface area contributed by atoms with E-state index in [9.17, 15) is 13.2 Å². The molecule has 0 aliphatic heterocycles. The van der Waals surface area contributed by atoms with Crippen molar-refractivity contribution in [3.05, 3.63) is 89.5 Å². The zero-order chi connectivity index (χ0) is 20.0. The van der Waals surface area contributed by atoms with Crippen LogP contribution >= 0.6 is 0 Å². The number of ether oxygens (including phenoxy) is 2. The summed E-state index contributed by atoms with van der Waals surface area (Å²) in [6, 6.07) is 21.2. The second-order valence-electron chi connectivity index (χ2n) is 6.30. The van der Waals surface area contributed by atoms with Gasteiger partial charge >= 0.3 is 0 Å². The fourth-order valence-electron chi connectivity index (χ4n) is 2.56. The molecule has 0 atom stereocenters. The van der Waals surface area contributed by atoms with Gasteiger partial charge in [0, 0.05) is 11.8 Å². The van der Waals surface area contributed by atoms with Gasteiger partial charge in [-0.2, -0.15) is 0 Å². The normalized spacial score (nSPS) is 11.0. The lowest BCUT2D eigenvalue weighted by Gasteiger charge is -2.14. The van der Waals surface area contributed by atoms with Crippen LogP contribution in [0.2, 0.25) is 0 Å². The first kappa shape index (κ1) is 19.6. The molecule has 28 heavy (non-hydrogen) atoms. The number of rotatable bonds is 8. The molecule has 3 aromatic carbocycles. The second kappa shape index (κ2) is 8.71. The molecular weight excluding hydrogens is 376 g/mol. The third-order valence-corrected chi connectivity index (χ3v) is 5.22. The molecule has 144 valence electrons. The molecule has 0 spiro atoms. The molecular formula is C22H20O5S. The van der Waals surface area contributed by atoms with E-state index in [1.165, 1.54) is 6.26 Å². The van der Waals surface area contributed by atoms with Crippen LogP contribution in [0.15, 0.2) is 77.7 Å². The lowest BCUT2D eigenvalue weighted by atomic mass is 10.2. The molecule has 0 radical (unpaired) electrons. The number of aldehydes is 1. The van der Waals surface area contributed by atoms with Gasteiger partial charge in [0.2, 0.25) is 0 Å². The summed E-state index contributed by atoms with van der Waals surface area (Å²) in [5.41, 5.74) is 2.30. The Bertz CT molecular complexity index is 1040. The molecule has 0 bridgehead atoms. The van der Waals surface area contributed by atoms with Gasteiger partial charge in [0.1, 0.15) is 19.5 Å². The maximum Gasteiger partial charge on any atom is 0.175 e. The molecule has 3 rings (SSSR count). The van der Waals surface area contributed by atoms with Gasteiger partial charge in [-0.25, -0.2) is 8.42 Å². The van der Waals surface area contributed by atoms with E-state index in [4.69, 9.17) is 9.47 Å². The standard InChI is InChI=1S/C22H20O5S/c1-28(24,25)20-10-7-18(8-11-20)16-27-22-13-19(14-23)9-12-21(22)26-15-17-5-3-2-4-6-17/h2-14H,15-16H2,1H3. The monoisotopic (exact) mass is 396 g/mol. The van der Waals surface area contributed by atoms with Gasteiger partial charge < -0.3 is 9.47 Å². The molecule has 0 N–H and O–H groups in total. The molecule has 6 heteroatoms. The Morgan fingerprint density at radius 2 is 1.39 bits per heavy atom. The summed E-state index contributed by atoms with van der Waals surface area (Å²) in [7, 11) is -3.24. The topological polar surface area (TPSA) is 69.7 Å². The van der Waals surface area contributed by atoms with E-state index >= 15 is 0 Å². The van der Waals surface area contributed by atoms with E-state index in [2.05, 4.69) is 0 Å². The average molecular weight is 396 g/mol. The van der Waals surface area contributed by atoms with Crippen LogP contribution in [0.25, 0.3) is 0 Å². The summed E-state index contributed by atoms with van der Waals surface area (Å²) in [6.45, 7) is 0.592. The first-order valence-corrected chi connectivity index (χ1v) is 10.5. The van der Waals surface area contributed by atoms with E-state index in [0.29, 0.717) is 23.7 Å². The molecule has 0 fully saturated rings. The van der Waals surface area contributed by atoms with Gasteiger partial charge in [-0.15, -0.1) is 0 Å². The van der Waals surface area contributed by atoms with Gasteiger partial charge in [0.05, 0.1) is 4.90 Å². The Balaban J connectivity index is 1.73. The van der Waals surface area contributed by atoms with Gasteiger partial charge in [-0.05, 0) is 41.5 Å². The van der Waals surface area contributed by atoms with Gasteiger partial charge in [0.15, 0.2) is 21.3 Å². The zero-order valence-electron chi connectivity index (χ0n) is 15.4. The van der Waals surface area contributed by atoms with Gasteiger partial charge in [0.25, 0.3) is 0 Å². The van der Waals surface area contributed by atoms with Crippen LogP contribution < -0.4 is 9.47 Å². The summed E-state index contributed by atoms with van der Waals surface area (Å²) in [6.07, 6.45) is 1.91. The lowest BCUT2D eigenvalue weighted by molar-refractivity contribution is 0.112. The minimum atomic E-state index is -3.24. The van der Waals surface area contributed by atoms with E-state index in [0.717, 1.165) is 17.4 Å². The van der Waals surface area contributed by atoms with Crippen molar-refractivity contribution in [2.24, 2.45) is 0 Å². The third kappa shape index (κ3) is 5.20. The van der Waals surface area contributed by atoms with Crippen molar-refractivity contribution in [3.8, 4) is 11.5 Å². The van der Waals surface area contributed by atoms with Crippen LogP contribution in [-0.2, 0) is 23.1 Å². The van der Waals surface area contributed by atoms with E-state index < -0.39 is 9.84 Å². The van der Waals surface area contributed by atoms with Crippen LogP contribution in [0, 0.1) is 0 Å². The van der Waals surface area contributed by atoms with Crippen molar-refractivity contribution in [3.63, 3.8) is 0 Å². The highest BCUT2D eigenvalue weighted by atomic mass is 32.2. The second-order valence-corrected chi connectivity index (χ2v) is 8.32. The quantitative estimate of drug-likeness (QED) is 0.537. The molecule has 0 amide bonds. The maximum atomic E-state index is 11.5. The molecule has 0 aliphatic rings.